The van der Waals surface area contributed by atoms with Gasteiger partial charge in [-0.15, -0.1) is 21.5 Å². The third-order valence-electron chi connectivity index (χ3n) is 4.93. The van der Waals surface area contributed by atoms with Gasteiger partial charge >= 0.3 is 0 Å². The van der Waals surface area contributed by atoms with Crippen molar-refractivity contribution in [1.82, 2.24) is 14.8 Å². The van der Waals surface area contributed by atoms with Crippen molar-refractivity contribution in [2.24, 2.45) is 0 Å². The monoisotopic (exact) mass is 393 g/mol. The number of nitrogens with zero attached hydrogens (tertiary/aromatic N) is 3. The summed E-state index contributed by atoms with van der Waals surface area (Å²) in [6.45, 7) is 7.48. The van der Waals surface area contributed by atoms with Crippen LogP contribution in [0.3, 0.4) is 0 Å². The lowest BCUT2D eigenvalue weighted by molar-refractivity contribution is 0.626. The third-order valence-corrected chi connectivity index (χ3v) is 6.96. The molecule has 0 saturated carbocycles. The fourth-order valence-corrected chi connectivity index (χ4v) is 5.15. The van der Waals surface area contributed by atoms with Crippen LogP contribution in [0.5, 0.6) is 0 Å². The lowest BCUT2D eigenvalue weighted by Gasteiger charge is -2.10. The summed E-state index contributed by atoms with van der Waals surface area (Å²) in [5, 5.41) is 14.9. The number of thioether (sulfide) groups is 1. The Morgan fingerprint density at radius 2 is 1.85 bits per heavy atom. The highest BCUT2D eigenvalue weighted by atomic mass is 32.2. The van der Waals surface area contributed by atoms with Crippen LogP contribution in [-0.4, -0.2) is 14.8 Å². The van der Waals surface area contributed by atoms with Crippen molar-refractivity contribution in [3.05, 3.63) is 63.8 Å². The van der Waals surface area contributed by atoms with Gasteiger partial charge in [0.15, 0.2) is 11.0 Å². The highest BCUT2D eigenvalue weighted by Gasteiger charge is 2.17. The van der Waals surface area contributed by atoms with Crippen molar-refractivity contribution in [2.45, 2.75) is 44.6 Å². The first-order valence-corrected chi connectivity index (χ1v) is 11.1. The van der Waals surface area contributed by atoms with Crippen LogP contribution in [0.2, 0.25) is 0 Å². The van der Waals surface area contributed by atoms with Gasteiger partial charge < -0.3 is 4.57 Å². The predicted octanol–water partition coefficient (Wildman–Crippen LogP) is 6.48. The van der Waals surface area contributed by atoms with E-state index < -0.39 is 0 Å². The van der Waals surface area contributed by atoms with Gasteiger partial charge in [0.25, 0.3) is 0 Å². The molecule has 0 saturated heterocycles. The van der Waals surface area contributed by atoms with Crippen molar-refractivity contribution in [1.29, 1.82) is 0 Å². The van der Waals surface area contributed by atoms with Crippen LogP contribution in [0.15, 0.2) is 53.0 Å². The molecule has 2 heterocycles. The summed E-state index contributed by atoms with van der Waals surface area (Å²) in [6.07, 6.45) is 1.06. The number of benzene rings is 2. The predicted molar refractivity (Wildman–Crippen MR) is 117 cm³/mol. The minimum absolute atomic E-state index is 0.894. The first-order chi connectivity index (χ1) is 13.2. The molecule has 4 aromatic rings. The van der Waals surface area contributed by atoms with Crippen LogP contribution in [0, 0.1) is 13.8 Å². The largest absolute Gasteiger partial charge is 0.302 e. The second kappa shape index (κ2) is 7.87. The zero-order valence-electron chi connectivity index (χ0n) is 15.9. The Labute approximate surface area is 168 Å². The van der Waals surface area contributed by atoms with Crippen LogP contribution in [0.4, 0.5) is 0 Å². The zero-order valence-corrected chi connectivity index (χ0v) is 17.5. The number of thiophene rings is 1. The van der Waals surface area contributed by atoms with Crippen molar-refractivity contribution in [3.63, 3.8) is 0 Å². The average molecular weight is 394 g/mol. The lowest BCUT2D eigenvalue weighted by Crippen LogP contribution is -2.02. The molecule has 138 valence electrons. The number of aryl methyl sites for hydroxylation is 1. The standard InChI is InChI=1S/C22H23N3S2/c1-4-12-25-21(20-14-26-16(3)15(20)2)23-24-22(25)27-13-18-10-7-9-17-8-5-6-11-19(17)18/h5-11,14H,4,12-13H2,1-3H3. The van der Waals surface area contributed by atoms with Crippen molar-refractivity contribution >= 4 is 33.9 Å². The van der Waals surface area contributed by atoms with Gasteiger partial charge in [0, 0.05) is 28.1 Å². The number of fused-ring (bicyclic) bond motifs is 1. The molecule has 5 heteroatoms. The van der Waals surface area contributed by atoms with Gasteiger partial charge in [-0.2, -0.15) is 0 Å². The second-order valence-electron chi connectivity index (χ2n) is 6.72. The van der Waals surface area contributed by atoms with E-state index in [1.807, 2.05) is 0 Å². The molecule has 0 atom stereocenters. The van der Waals surface area contributed by atoms with E-state index in [-0.39, 0.29) is 0 Å². The quantitative estimate of drug-likeness (QED) is 0.351. The molecule has 0 amide bonds. The Morgan fingerprint density at radius 3 is 2.63 bits per heavy atom. The summed E-state index contributed by atoms with van der Waals surface area (Å²) in [5.74, 6) is 1.89. The van der Waals surface area contributed by atoms with E-state index in [2.05, 4.69) is 83.4 Å². The van der Waals surface area contributed by atoms with Gasteiger partial charge in [0.05, 0.1) is 0 Å². The number of hydrogen-bond donors (Lipinski definition) is 0. The van der Waals surface area contributed by atoms with Gasteiger partial charge in [0.2, 0.25) is 0 Å². The molecule has 0 radical (unpaired) electrons. The number of rotatable bonds is 6. The maximum atomic E-state index is 4.55. The molecule has 0 N–H and O–H groups in total. The second-order valence-corrected chi connectivity index (χ2v) is 8.74. The molecule has 0 aliphatic heterocycles. The van der Waals surface area contributed by atoms with Gasteiger partial charge in [-0.3, -0.25) is 0 Å². The fraction of sp³-hybridized carbons (Fsp3) is 0.273. The summed E-state index contributed by atoms with van der Waals surface area (Å²) >= 11 is 3.56. The van der Waals surface area contributed by atoms with Crippen LogP contribution >= 0.6 is 23.1 Å². The molecule has 4 rings (SSSR count). The van der Waals surface area contributed by atoms with E-state index in [1.54, 1.807) is 23.1 Å². The Bertz CT molecular complexity index is 1070. The molecule has 3 nitrogen and oxygen atoms in total. The van der Waals surface area contributed by atoms with Crippen LogP contribution in [-0.2, 0) is 12.3 Å². The first kappa shape index (κ1) is 18.3. The van der Waals surface area contributed by atoms with E-state index in [1.165, 1.54) is 32.3 Å². The molecular formula is C22H23N3S2. The minimum atomic E-state index is 0.894. The molecule has 0 unspecified atom stereocenters. The summed E-state index contributed by atoms with van der Waals surface area (Å²) in [6, 6.07) is 15.1. The molecule has 0 fully saturated rings. The Balaban J connectivity index is 1.65. The summed E-state index contributed by atoms with van der Waals surface area (Å²) in [4.78, 5) is 1.35. The topological polar surface area (TPSA) is 30.7 Å². The molecule has 0 bridgehead atoms. The molecule has 0 aliphatic rings. The minimum Gasteiger partial charge on any atom is -0.302 e. The summed E-state index contributed by atoms with van der Waals surface area (Å²) in [7, 11) is 0. The van der Waals surface area contributed by atoms with Gasteiger partial charge in [0.1, 0.15) is 0 Å². The maximum absolute atomic E-state index is 4.55. The number of hydrogen-bond acceptors (Lipinski definition) is 4. The zero-order chi connectivity index (χ0) is 18.8. The van der Waals surface area contributed by atoms with E-state index in [0.717, 1.165) is 29.7 Å². The first-order valence-electron chi connectivity index (χ1n) is 9.26. The number of aromatic nitrogens is 3. The Morgan fingerprint density at radius 1 is 1.04 bits per heavy atom. The molecule has 2 aromatic heterocycles. The van der Waals surface area contributed by atoms with E-state index in [0.29, 0.717) is 0 Å². The molecular weight excluding hydrogens is 370 g/mol. The van der Waals surface area contributed by atoms with E-state index in [9.17, 15) is 0 Å². The third kappa shape index (κ3) is 3.54. The van der Waals surface area contributed by atoms with E-state index >= 15 is 0 Å². The normalized spacial score (nSPS) is 11.4. The van der Waals surface area contributed by atoms with Crippen molar-refractivity contribution < 1.29 is 0 Å². The SMILES string of the molecule is CCCn1c(SCc2cccc3ccccc23)nnc1-c1csc(C)c1C. The smallest absolute Gasteiger partial charge is 0.191 e. The van der Waals surface area contributed by atoms with E-state index in [4.69, 9.17) is 0 Å². The average Bonchev–Trinajstić information content (AvgIpc) is 3.23. The van der Waals surface area contributed by atoms with Crippen molar-refractivity contribution in [3.8, 4) is 11.4 Å². The molecule has 2 aromatic carbocycles. The Kier molecular flexibility index (Phi) is 5.32. The summed E-state index contributed by atoms with van der Waals surface area (Å²) < 4.78 is 2.28. The van der Waals surface area contributed by atoms with Crippen molar-refractivity contribution in [2.75, 3.05) is 0 Å². The van der Waals surface area contributed by atoms with Crippen LogP contribution < -0.4 is 0 Å². The van der Waals surface area contributed by atoms with Gasteiger partial charge in [-0.1, -0.05) is 61.2 Å². The van der Waals surface area contributed by atoms with Crippen LogP contribution in [0.1, 0.15) is 29.3 Å². The molecule has 0 aliphatic carbocycles. The Hall–Kier alpha value is -2.11. The highest BCUT2D eigenvalue weighted by Crippen LogP contribution is 2.33. The summed E-state index contributed by atoms with van der Waals surface area (Å²) in [5.41, 5.74) is 3.87. The highest BCUT2D eigenvalue weighted by molar-refractivity contribution is 7.98. The molecule has 0 spiro atoms. The fourth-order valence-electron chi connectivity index (χ4n) is 3.31. The molecule has 27 heavy (non-hydrogen) atoms. The van der Waals surface area contributed by atoms with Crippen LogP contribution in [0.25, 0.3) is 22.2 Å². The van der Waals surface area contributed by atoms with Gasteiger partial charge in [-0.05, 0) is 42.2 Å². The van der Waals surface area contributed by atoms with Gasteiger partial charge in [-0.25, -0.2) is 0 Å². The lowest BCUT2D eigenvalue weighted by atomic mass is 10.1. The maximum Gasteiger partial charge on any atom is 0.191 e.